The van der Waals surface area contributed by atoms with E-state index in [0.29, 0.717) is 23.2 Å². The van der Waals surface area contributed by atoms with Crippen LogP contribution in [0, 0.1) is 5.41 Å². The lowest BCUT2D eigenvalue weighted by Gasteiger charge is -2.27. The smallest absolute Gasteiger partial charge is 0.283 e. The van der Waals surface area contributed by atoms with Crippen molar-refractivity contribution in [1.82, 2.24) is 9.78 Å². The maximum atomic E-state index is 11.9. The summed E-state index contributed by atoms with van der Waals surface area (Å²) in [5.74, 6) is 0. The number of hydrogen-bond donors (Lipinski definition) is 2. The molecule has 0 unspecified atom stereocenters. The third-order valence-corrected chi connectivity index (χ3v) is 4.70. The highest BCUT2D eigenvalue weighted by atomic mass is 79.9. The van der Waals surface area contributed by atoms with Gasteiger partial charge in [0.05, 0.1) is 18.5 Å². The molecule has 0 aromatic carbocycles. The molecule has 0 saturated heterocycles. The van der Waals surface area contributed by atoms with E-state index in [1.165, 1.54) is 17.5 Å². The van der Waals surface area contributed by atoms with Gasteiger partial charge in [0.1, 0.15) is 4.47 Å². The highest BCUT2D eigenvalue weighted by Crippen LogP contribution is 2.37. The zero-order chi connectivity index (χ0) is 13.9. The average Bonchev–Trinajstić information content (AvgIpc) is 2.90. The molecule has 106 valence electrons. The van der Waals surface area contributed by atoms with Crippen LogP contribution in [-0.4, -0.2) is 28.0 Å². The molecule has 2 rings (SSSR count). The highest BCUT2D eigenvalue weighted by molar-refractivity contribution is 9.10. The summed E-state index contributed by atoms with van der Waals surface area (Å²) in [4.78, 5) is 11.9. The zero-order valence-corrected chi connectivity index (χ0v) is 12.7. The summed E-state index contributed by atoms with van der Waals surface area (Å²) in [6, 6.07) is 0. The Morgan fingerprint density at radius 3 is 2.79 bits per heavy atom. The Morgan fingerprint density at radius 1 is 1.53 bits per heavy atom. The lowest BCUT2D eigenvalue weighted by Crippen LogP contribution is -2.31. The summed E-state index contributed by atoms with van der Waals surface area (Å²) in [5.41, 5.74) is 0.533. The van der Waals surface area contributed by atoms with Gasteiger partial charge in [0.15, 0.2) is 0 Å². The fraction of sp³-hybridized carbons (Fsp3) is 0.692. The van der Waals surface area contributed by atoms with Crippen LogP contribution in [0.5, 0.6) is 0 Å². The molecule has 0 spiro atoms. The molecule has 0 amide bonds. The molecule has 0 aliphatic heterocycles. The number of aliphatic hydroxyl groups is 1. The van der Waals surface area contributed by atoms with Gasteiger partial charge in [-0.05, 0) is 35.7 Å². The van der Waals surface area contributed by atoms with Gasteiger partial charge in [0, 0.05) is 18.5 Å². The van der Waals surface area contributed by atoms with E-state index in [2.05, 4.69) is 26.3 Å². The highest BCUT2D eigenvalue weighted by Gasteiger charge is 2.33. The van der Waals surface area contributed by atoms with Crippen molar-refractivity contribution >= 4 is 21.6 Å². The first-order valence-electron chi connectivity index (χ1n) is 6.72. The normalized spacial score (nSPS) is 17.6. The molecule has 2 N–H and O–H groups in total. The Balaban J connectivity index is 2.12. The molecule has 1 aliphatic carbocycles. The number of nitrogens with zero attached hydrogens (tertiary/aromatic N) is 2. The van der Waals surface area contributed by atoms with Crippen molar-refractivity contribution < 1.29 is 5.11 Å². The Bertz CT molecular complexity index is 495. The molecule has 0 atom stereocenters. The van der Waals surface area contributed by atoms with Crippen LogP contribution in [0.1, 0.15) is 32.6 Å². The van der Waals surface area contributed by atoms with Gasteiger partial charge < -0.3 is 10.4 Å². The quantitative estimate of drug-likeness (QED) is 0.866. The van der Waals surface area contributed by atoms with Gasteiger partial charge >= 0.3 is 0 Å². The van der Waals surface area contributed by atoms with Crippen molar-refractivity contribution in [1.29, 1.82) is 0 Å². The van der Waals surface area contributed by atoms with Gasteiger partial charge in [-0.15, -0.1) is 0 Å². The first kappa shape index (κ1) is 14.5. The van der Waals surface area contributed by atoms with Crippen molar-refractivity contribution in [3.05, 3.63) is 21.0 Å². The predicted octanol–water partition coefficient (Wildman–Crippen LogP) is 1.99. The lowest BCUT2D eigenvalue weighted by molar-refractivity contribution is 0.142. The van der Waals surface area contributed by atoms with E-state index >= 15 is 0 Å². The van der Waals surface area contributed by atoms with E-state index in [-0.39, 0.29) is 17.6 Å². The van der Waals surface area contributed by atoms with Gasteiger partial charge in [0.2, 0.25) is 0 Å². The lowest BCUT2D eigenvalue weighted by atomic mass is 9.87. The fourth-order valence-electron chi connectivity index (χ4n) is 2.61. The van der Waals surface area contributed by atoms with Crippen LogP contribution in [0.2, 0.25) is 0 Å². The van der Waals surface area contributed by atoms with Crippen LogP contribution in [0.4, 0.5) is 5.69 Å². The fourth-order valence-corrected chi connectivity index (χ4v) is 3.06. The number of anilines is 1. The van der Waals surface area contributed by atoms with Crippen LogP contribution < -0.4 is 10.9 Å². The topological polar surface area (TPSA) is 67.2 Å². The second kappa shape index (κ2) is 6.05. The standard InChI is InChI=1S/C13H20BrN3O2/c1-2-17-12(19)11(14)10(7-16-17)15-8-13(9-18)5-3-4-6-13/h7,15,18H,2-6,8-9H2,1H3. The monoisotopic (exact) mass is 329 g/mol. The summed E-state index contributed by atoms with van der Waals surface area (Å²) < 4.78 is 1.92. The summed E-state index contributed by atoms with van der Waals surface area (Å²) in [5, 5.41) is 16.9. The molecule has 1 heterocycles. The Hall–Kier alpha value is -0.880. The van der Waals surface area contributed by atoms with Gasteiger partial charge in [-0.2, -0.15) is 5.10 Å². The summed E-state index contributed by atoms with van der Waals surface area (Å²) in [6.45, 7) is 3.31. The third kappa shape index (κ3) is 3.00. The second-order valence-electron chi connectivity index (χ2n) is 5.21. The Kier molecular flexibility index (Phi) is 4.62. The Morgan fingerprint density at radius 2 is 2.21 bits per heavy atom. The van der Waals surface area contributed by atoms with E-state index in [9.17, 15) is 9.90 Å². The molecule has 1 saturated carbocycles. The van der Waals surface area contributed by atoms with E-state index in [4.69, 9.17) is 0 Å². The van der Waals surface area contributed by atoms with Crippen molar-refractivity contribution in [2.75, 3.05) is 18.5 Å². The van der Waals surface area contributed by atoms with Crippen LogP contribution in [0.25, 0.3) is 0 Å². The van der Waals surface area contributed by atoms with Crippen molar-refractivity contribution in [3.63, 3.8) is 0 Å². The summed E-state index contributed by atoms with van der Waals surface area (Å²) in [7, 11) is 0. The van der Waals surface area contributed by atoms with Gasteiger partial charge in [-0.3, -0.25) is 4.79 Å². The molecule has 1 fully saturated rings. The van der Waals surface area contributed by atoms with Crippen LogP contribution in [0.3, 0.4) is 0 Å². The maximum absolute atomic E-state index is 11.9. The molecule has 1 aliphatic rings. The van der Waals surface area contributed by atoms with E-state index < -0.39 is 0 Å². The van der Waals surface area contributed by atoms with Crippen LogP contribution >= 0.6 is 15.9 Å². The molecule has 0 radical (unpaired) electrons. The molecule has 1 aromatic rings. The number of nitrogens with one attached hydrogen (secondary N) is 1. The molecule has 5 nitrogen and oxygen atoms in total. The van der Waals surface area contributed by atoms with E-state index in [0.717, 1.165) is 12.8 Å². The van der Waals surface area contributed by atoms with Gasteiger partial charge in [-0.1, -0.05) is 12.8 Å². The molecular formula is C13H20BrN3O2. The first-order valence-corrected chi connectivity index (χ1v) is 7.51. The second-order valence-corrected chi connectivity index (χ2v) is 6.00. The number of aromatic nitrogens is 2. The molecular weight excluding hydrogens is 310 g/mol. The maximum Gasteiger partial charge on any atom is 0.283 e. The minimum atomic E-state index is -0.128. The van der Waals surface area contributed by atoms with E-state index in [1.54, 1.807) is 6.20 Å². The third-order valence-electron chi connectivity index (χ3n) is 3.94. The number of aliphatic hydroxyl groups excluding tert-OH is 1. The number of hydrogen-bond acceptors (Lipinski definition) is 4. The SMILES string of the molecule is CCn1ncc(NCC2(CO)CCCC2)c(Br)c1=O. The minimum absolute atomic E-state index is 0.0426. The van der Waals surface area contributed by atoms with E-state index in [1.807, 2.05) is 6.92 Å². The average molecular weight is 330 g/mol. The summed E-state index contributed by atoms with van der Waals surface area (Å²) >= 11 is 3.32. The molecule has 1 aromatic heterocycles. The predicted molar refractivity (Wildman–Crippen MR) is 78.3 cm³/mol. The van der Waals surface area contributed by atoms with Gasteiger partial charge in [0.25, 0.3) is 5.56 Å². The minimum Gasteiger partial charge on any atom is -0.396 e. The van der Waals surface area contributed by atoms with Crippen molar-refractivity contribution in [2.45, 2.75) is 39.2 Å². The molecule has 19 heavy (non-hydrogen) atoms. The number of aryl methyl sites for hydroxylation is 1. The van der Waals surface area contributed by atoms with Gasteiger partial charge in [-0.25, -0.2) is 4.68 Å². The van der Waals surface area contributed by atoms with Crippen LogP contribution in [0.15, 0.2) is 15.5 Å². The zero-order valence-electron chi connectivity index (χ0n) is 11.2. The number of halogens is 1. The largest absolute Gasteiger partial charge is 0.396 e. The van der Waals surface area contributed by atoms with Crippen LogP contribution in [-0.2, 0) is 6.54 Å². The first-order chi connectivity index (χ1) is 9.12. The van der Waals surface area contributed by atoms with Crippen molar-refractivity contribution in [3.8, 4) is 0 Å². The van der Waals surface area contributed by atoms with Crippen molar-refractivity contribution in [2.24, 2.45) is 5.41 Å². The summed E-state index contributed by atoms with van der Waals surface area (Å²) in [6.07, 6.45) is 6.06. The Labute approximate surface area is 121 Å². The molecule has 0 bridgehead atoms. The molecule has 6 heteroatoms. The number of rotatable bonds is 5.